The minimum absolute atomic E-state index is 0.260. The molecule has 0 saturated heterocycles. The number of benzene rings is 1. The summed E-state index contributed by atoms with van der Waals surface area (Å²) in [6, 6.07) is 5.14. The molecule has 1 aromatic rings. The van der Waals surface area contributed by atoms with Crippen LogP contribution in [0.15, 0.2) is 22.7 Å². The van der Waals surface area contributed by atoms with Crippen molar-refractivity contribution >= 4 is 39.2 Å². The largest absolute Gasteiger partial charge is 0.490 e. The zero-order valence-corrected chi connectivity index (χ0v) is 17.3. The fraction of sp³-hybridized carbons (Fsp3) is 0.529. The monoisotopic (exact) mass is 431 g/mol. The zero-order valence-electron chi connectivity index (χ0n) is 14.9. The van der Waals surface area contributed by atoms with Crippen molar-refractivity contribution in [3.63, 3.8) is 0 Å². The first kappa shape index (κ1) is 21.8. The number of nitrogens with one attached hydrogen (secondary N) is 2. The number of hydrogen-bond donors (Lipinski definition) is 2. The zero-order chi connectivity index (χ0) is 18.7. The second-order valence-electron chi connectivity index (χ2n) is 5.22. The van der Waals surface area contributed by atoms with Gasteiger partial charge in [0.05, 0.1) is 11.1 Å². The van der Waals surface area contributed by atoms with Crippen molar-refractivity contribution in [3.8, 4) is 5.75 Å². The van der Waals surface area contributed by atoms with Gasteiger partial charge < -0.3 is 19.7 Å². The molecule has 0 atom stereocenters. The molecule has 1 aromatic carbocycles. The molecule has 25 heavy (non-hydrogen) atoms. The number of carbonyl (C=O) groups is 1. The van der Waals surface area contributed by atoms with E-state index in [1.807, 2.05) is 0 Å². The Labute approximate surface area is 163 Å². The maximum absolute atomic E-state index is 12.3. The molecule has 0 aliphatic carbocycles. The molecule has 0 heterocycles. The molecule has 0 unspecified atom stereocenters. The second-order valence-corrected chi connectivity index (χ2v) is 6.49. The van der Waals surface area contributed by atoms with Gasteiger partial charge in [-0.05, 0) is 59.4 Å². The Balaban J connectivity index is 2.48. The van der Waals surface area contributed by atoms with Gasteiger partial charge in [-0.3, -0.25) is 10.1 Å². The van der Waals surface area contributed by atoms with E-state index < -0.39 is 0 Å². The van der Waals surface area contributed by atoms with E-state index in [0.29, 0.717) is 40.7 Å². The van der Waals surface area contributed by atoms with E-state index in [4.69, 9.17) is 21.7 Å². The van der Waals surface area contributed by atoms with E-state index in [0.717, 1.165) is 19.6 Å². The van der Waals surface area contributed by atoms with Gasteiger partial charge in [-0.15, -0.1) is 0 Å². The molecule has 0 aliphatic heterocycles. The molecule has 2 N–H and O–H groups in total. The van der Waals surface area contributed by atoms with Crippen molar-refractivity contribution in [2.75, 3.05) is 46.5 Å². The fourth-order valence-electron chi connectivity index (χ4n) is 2.08. The summed E-state index contributed by atoms with van der Waals surface area (Å²) in [7, 11) is 1.62. The summed E-state index contributed by atoms with van der Waals surface area (Å²) in [6.45, 7) is 8.73. The molecular formula is C17H26BrN3O3S. The Bertz CT molecular complexity index is 568. The van der Waals surface area contributed by atoms with Crippen LogP contribution in [-0.2, 0) is 4.74 Å². The first-order chi connectivity index (χ1) is 12.0. The Hall–Kier alpha value is -1.22. The van der Waals surface area contributed by atoms with Crippen LogP contribution >= 0.6 is 28.1 Å². The van der Waals surface area contributed by atoms with Crippen molar-refractivity contribution in [2.45, 2.75) is 13.8 Å². The highest BCUT2D eigenvalue weighted by Gasteiger charge is 2.11. The predicted octanol–water partition coefficient (Wildman–Crippen LogP) is 2.42. The lowest BCUT2D eigenvalue weighted by molar-refractivity contribution is 0.0976. The highest BCUT2D eigenvalue weighted by Crippen LogP contribution is 2.26. The Morgan fingerprint density at radius 1 is 1.28 bits per heavy atom. The van der Waals surface area contributed by atoms with Crippen LogP contribution in [0.3, 0.4) is 0 Å². The van der Waals surface area contributed by atoms with Crippen LogP contribution in [0.1, 0.15) is 24.2 Å². The lowest BCUT2D eigenvalue weighted by atomic mass is 10.2. The maximum atomic E-state index is 12.3. The molecule has 0 bridgehead atoms. The summed E-state index contributed by atoms with van der Waals surface area (Å²) < 4.78 is 11.2. The number of amides is 1. The van der Waals surface area contributed by atoms with Crippen molar-refractivity contribution < 1.29 is 14.3 Å². The Kier molecular flexibility index (Phi) is 10.6. The molecule has 0 radical (unpaired) electrons. The molecule has 8 heteroatoms. The van der Waals surface area contributed by atoms with Crippen LogP contribution in [0.5, 0.6) is 5.75 Å². The number of carbonyl (C=O) groups excluding carboxylic acids is 1. The Morgan fingerprint density at radius 2 is 2.00 bits per heavy atom. The molecule has 140 valence electrons. The third kappa shape index (κ3) is 8.13. The molecule has 0 fully saturated rings. The maximum Gasteiger partial charge on any atom is 0.257 e. The van der Waals surface area contributed by atoms with Crippen LogP contribution in [0.2, 0.25) is 0 Å². The third-order valence-corrected chi connectivity index (χ3v) is 4.44. The molecule has 0 saturated carbocycles. The van der Waals surface area contributed by atoms with Crippen LogP contribution in [0, 0.1) is 0 Å². The summed E-state index contributed by atoms with van der Waals surface area (Å²) >= 11 is 8.58. The van der Waals surface area contributed by atoms with E-state index in [2.05, 4.69) is 45.3 Å². The van der Waals surface area contributed by atoms with E-state index >= 15 is 0 Å². The summed E-state index contributed by atoms with van der Waals surface area (Å²) in [5.74, 6) is 0.401. The summed E-state index contributed by atoms with van der Waals surface area (Å²) in [5.41, 5.74) is 0.499. The van der Waals surface area contributed by atoms with Gasteiger partial charge in [0.15, 0.2) is 5.11 Å². The highest BCUT2D eigenvalue weighted by molar-refractivity contribution is 9.10. The smallest absolute Gasteiger partial charge is 0.257 e. The molecular weight excluding hydrogens is 406 g/mol. The molecule has 0 spiro atoms. The second kappa shape index (κ2) is 12.2. The third-order valence-electron chi connectivity index (χ3n) is 3.57. The first-order valence-corrected chi connectivity index (χ1v) is 9.44. The topological polar surface area (TPSA) is 62.8 Å². The number of ether oxygens (including phenoxy) is 2. The average molecular weight is 432 g/mol. The molecule has 0 aromatic heterocycles. The van der Waals surface area contributed by atoms with Crippen LogP contribution < -0.4 is 15.4 Å². The summed E-state index contributed by atoms with van der Waals surface area (Å²) in [4.78, 5) is 14.5. The van der Waals surface area contributed by atoms with Gasteiger partial charge >= 0.3 is 0 Å². The van der Waals surface area contributed by atoms with Crippen molar-refractivity contribution in [2.24, 2.45) is 0 Å². The van der Waals surface area contributed by atoms with Crippen molar-refractivity contribution in [1.29, 1.82) is 0 Å². The van der Waals surface area contributed by atoms with Gasteiger partial charge in [0.25, 0.3) is 5.91 Å². The quantitative estimate of drug-likeness (QED) is 0.438. The van der Waals surface area contributed by atoms with E-state index in [1.165, 1.54) is 0 Å². The van der Waals surface area contributed by atoms with Gasteiger partial charge in [0.1, 0.15) is 12.4 Å². The van der Waals surface area contributed by atoms with Gasteiger partial charge in [0.2, 0.25) is 0 Å². The number of hydrogen-bond acceptors (Lipinski definition) is 5. The van der Waals surface area contributed by atoms with E-state index in [-0.39, 0.29) is 5.91 Å². The van der Waals surface area contributed by atoms with Crippen molar-refractivity contribution in [3.05, 3.63) is 28.2 Å². The van der Waals surface area contributed by atoms with Gasteiger partial charge in [-0.1, -0.05) is 13.8 Å². The number of likely N-dealkylation sites (N-methyl/N-ethyl adjacent to an activating group) is 1. The minimum Gasteiger partial charge on any atom is -0.490 e. The minimum atomic E-state index is -0.260. The fourth-order valence-corrected chi connectivity index (χ4v) is 2.77. The van der Waals surface area contributed by atoms with E-state index in [1.54, 1.807) is 25.3 Å². The SMILES string of the molecule is CCN(CC)CCNC(=S)NC(=O)c1ccc(OCCOC)c(Br)c1. The lowest BCUT2D eigenvalue weighted by Crippen LogP contribution is -2.42. The lowest BCUT2D eigenvalue weighted by Gasteiger charge is -2.18. The number of rotatable bonds is 10. The Morgan fingerprint density at radius 3 is 2.60 bits per heavy atom. The van der Waals surface area contributed by atoms with Gasteiger partial charge in [-0.25, -0.2) is 0 Å². The predicted molar refractivity (Wildman–Crippen MR) is 107 cm³/mol. The van der Waals surface area contributed by atoms with Crippen LogP contribution in [0.4, 0.5) is 0 Å². The van der Waals surface area contributed by atoms with Crippen molar-refractivity contribution in [1.82, 2.24) is 15.5 Å². The highest BCUT2D eigenvalue weighted by atomic mass is 79.9. The number of nitrogens with zero attached hydrogens (tertiary/aromatic N) is 1. The van der Waals surface area contributed by atoms with Gasteiger partial charge in [-0.2, -0.15) is 0 Å². The molecule has 1 amide bonds. The van der Waals surface area contributed by atoms with Crippen LogP contribution in [0.25, 0.3) is 0 Å². The summed E-state index contributed by atoms with van der Waals surface area (Å²) in [5, 5.41) is 6.06. The standard InChI is InChI=1S/C17H26BrN3O3S/c1-4-21(5-2)9-8-19-17(25)20-16(22)13-6-7-15(14(18)12-13)24-11-10-23-3/h6-7,12H,4-5,8-11H2,1-3H3,(H2,19,20,22,25). The number of halogens is 1. The first-order valence-electron chi connectivity index (χ1n) is 8.24. The van der Waals surface area contributed by atoms with E-state index in [9.17, 15) is 4.79 Å². The summed E-state index contributed by atoms with van der Waals surface area (Å²) in [6.07, 6.45) is 0. The number of thiocarbonyl (C=S) groups is 1. The number of methoxy groups -OCH3 is 1. The molecule has 6 nitrogen and oxygen atoms in total. The van der Waals surface area contributed by atoms with Crippen LogP contribution in [-0.4, -0.2) is 62.4 Å². The van der Waals surface area contributed by atoms with Gasteiger partial charge in [0, 0.05) is 25.8 Å². The molecule has 1 rings (SSSR count). The average Bonchev–Trinajstić information content (AvgIpc) is 2.60. The normalized spacial score (nSPS) is 10.6. The molecule has 0 aliphatic rings.